The van der Waals surface area contributed by atoms with Crippen LogP contribution in [0.3, 0.4) is 0 Å². The Hall–Kier alpha value is -1.24. The minimum absolute atomic E-state index is 1.06. The summed E-state index contributed by atoms with van der Waals surface area (Å²) in [5.74, 6) is 2.49. The molecule has 0 spiro atoms. The van der Waals surface area contributed by atoms with E-state index >= 15 is 0 Å². The number of ether oxygens (including phenoxy) is 1. The summed E-state index contributed by atoms with van der Waals surface area (Å²) < 4.78 is 6.56. The molecule has 0 fully saturated rings. The Morgan fingerprint density at radius 2 is 1.46 bits per heavy atom. The van der Waals surface area contributed by atoms with E-state index in [1.54, 1.807) is 5.57 Å². The van der Waals surface area contributed by atoms with Crippen LogP contribution < -0.4 is 4.74 Å². The van der Waals surface area contributed by atoms with Gasteiger partial charge in [-0.2, -0.15) is 0 Å². The number of fused-ring (bicyclic) bond motifs is 1. The van der Waals surface area contributed by atoms with Crippen LogP contribution in [-0.4, -0.2) is 0 Å². The number of rotatable bonds is 12. The third-order valence-corrected chi connectivity index (χ3v) is 5.63. The predicted molar refractivity (Wildman–Crippen MR) is 114 cm³/mol. The molecule has 1 aromatic rings. The van der Waals surface area contributed by atoms with Gasteiger partial charge in [0.2, 0.25) is 0 Å². The molecule has 1 aromatic carbocycles. The molecule has 0 amide bonds. The summed E-state index contributed by atoms with van der Waals surface area (Å²) in [6, 6.07) is 4.66. The molecule has 0 N–H and O–H groups in total. The van der Waals surface area contributed by atoms with Crippen LogP contribution in [0, 0.1) is 6.92 Å². The number of aryl methyl sites for hydroxylation is 2. The van der Waals surface area contributed by atoms with Crippen LogP contribution in [0.1, 0.15) is 108 Å². The zero-order valence-electron chi connectivity index (χ0n) is 17.8. The zero-order valence-corrected chi connectivity index (χ0v) is 17.8. The van der Waals surface area contributed by atoms with E-state index in [1.807, 2.05) is 0 Å². The number of hydrogen-bond donors (Lipinski definition) is 0. The minimum Gasteiger partial charge on any atom is -0.461 e. The van der Waals surface area contributed by atoms with Crippen LogP contribution in [0.2, 0.25) is 0 Å². The summed E-state index contributed by atoms with van der Waals surface area (Å²) in [5.41, 5.74) is 5.76. The molecule has 2 rings (SSSR count). The van der Waals surface area contributed by atoms with Crippen molar-refractivity contribution >= 4 is 0 Å². The highest BCUT2D eigenvalue weighted by Crippen LogP contribution is 2.38. The molecule has 0 aliphatic carbocycles. The Labute approximate surface area is 162 Å². The molecule has 0 aromatic heterocycles. The van der Waals surface area contributed by atoms with Crippen molar-refractivity contribution in [3.63, 3.8) is 0 Å². The van der Waals surface area contributed by atoms with Crippen molar-refractivity contribution in [2.24, 2.45) is 0 Å². The van der Waals surface area contributed by atoms with E-state index in [9.17, 15) is 0 Å². The predicted octanol–water partition coefficient (Wildman–Crippen LogP) is 8.08. The van der Waals surface area contributed by atoms with Gasteiger partial charge in [-0.3, -0.25) is 0 Å². The molecule has 1 aliphatic rings. The van der Waals surface area contributed by atoms with E-state index < -0.39 is 0 Å². The molecular formula is C25H40O. The maximum atomic E-state index is 6.56. The highest BCUT2D eigenvalue weighted by molar-refractivity contribution is 5.49. The third kappa shape index (κ3) is 6.18. The molecule has 146 valence electrons. The van der Waals surface area contributed by atoms with Gasteiger partial charge in [-0.25, -0.2) is 0 Å². The van der Waals surface area contributed by atoms with Crippen molar-refractivity contribution < 1.29 is 4.74 Å². The summed E-state index contributed by atoms with van der Waals surface area (Å²) in [6.45, 7) is 9.03. The van der Waals surface area contributed by atoms with E-state index in [0.29, 0.717) is 0 Å². The summed E-state index contributed by atoms with van der Waals surface area (Å²) in [5, 5.41) is 0. The standard InChI is InChI=1S/C25H40O/c1-5-8-10-12-13-15-22-19-23-18-20(4)17-21(7-3)25(23)26-24(22)16-14-11-9-6-2/h17-18H,5-16,19H2,1-4H3. The molecule has 1 nitrogen and oxygen atoms in total. The highest BCUT2D eigenvalue weighted by Gasteiger charge is 2.22. The lowest BCUT2D eigenvalue weighted by Gasteiger charge is -2.26. The van der Waals surface area contributed by atoms with Crippen molar-refractivity contribution in [2.45, 2.75) is 111 Å². The van der Waals surface area contributed by atoms with Crippen LogP contribution in [0.25, 0.3) is 0 Å². The Balaban J connectivity index is 2.09. The van der Waals surface area contributed by atoms with Crippen molar-refractivity contribution in [2.75, 3.05) is 0 Å². The van der Waals surface area contributed by atoms with E-state index in [1.165, 1.54) is 92.4 Å². The maximum absolute atomic E-state index is 6.56. The SMILES string of the molecule is CCCCCCCC1=C(CCCCCC)Oc2c(CC)cc(C)cc2C1. The van der Waals surface area contributed by atoms with Crippen molar-refractivity contribution in [3.8, 4) is 5.75 Å². The summed E-state index contributed by atoms with van der Waals surface area (Å²) in [6.07, 6.45) is 16.5. The van der Waals surface area contributed by atoms with Gasteiger partial charge in [0.25, 0.3) is 0 Å². The number of hydrogen-bond acceptors (Lipinski definition) is 1. The fraction of sp³-hybridized carbons (Fsp3) is 0.680. The Kier molecular flexibility index (Phi) is 9.29. The fourth-order valence-electron chi connectivity index (χ4n) is 4.09. The molecular weight excluding hydrogens is 316 g/mol. The molecule has 0 saturated heterocycles. The molecule has 0 saturated carbocycles. The van der Waals surface area contributed by atoms with E-state index in [0.717, 1.165) is 19.3 Å². The maximum Gasteiger partial charge on any atom is 0.133 e. The Bertz CT molecular complexity index is 582. The minimum atomic E-state index is 1.06. The second-order valence-corrected chi connectivity index (χ2v) is 8.05. The molecule has 0 radical (unpaired) electrons. The molecule has 26 heavy (non-hydrogen) atoms. The lowest BCUT2D eigenvalue weighted by molar-refractivity contribution is 0.365. The van der Waals surface area contributed by atoms with Crippen LogP contribution in [0.4, 0.5) is 0 Å². The largest absolute Gasteiger partial charge is 0.461 e. The summed E-state index contributed by atoms with van der Waals surface area (Å²) in [4.78, 5) is 0. The van der Waals surface area contributed by atoms with Crippen LogP contribution >= 0.6 is 0 Å². The van der Waals surface area contributed by atoms with Crippen molar-refractivity contribution in [1.29, 1.82) is 0 Å². The van der Waals surface area contributed by atoms with Gasteiger partial charge in [0, 0.05) is 12.8 Å². The normalized spacial score (nSPS) is 13.7. The molecule has 1 aliphatic heterocycles. The zero-order chi connectivity index (χ0) is 18.8. The quantitative estimate of drug-likeness (QED) is 0.344. The van der Waals surface area contributed by atoms with E-state index in [4.69, 9.17) is 4.74 Å². The first kappa shape index (κ1) is 21.1. The van der Waals surface area contributed by atoms with Crippen molar-refractivity contribution in [3.05, 3.63) is 40.2 Å². The number of unbranched alkanes of at least 4 members (excludes halogenated alkanes) is 7. The van der Waals surface area contributed by atoms with Gasteiger partial charge in [-0.15, -0.1) is 0 Å². The number of allylic oxidation sites excluding steroid dienone is 2. The van der Waals surface area contributed by atoms with Gasteiger partial charge in [0.05, 0.1) is 0 Å². The van der Waals surface area contributed by atoms with Gasteiger partial charge >= 0.3 is 0 Å². The lowest BCUT2D eigenvalue weighted by Crippen LogP contribution is -2.13. The third-order valence-electron chi connectivity index (χ3n) is 5.63. The lowest BCUT2D eigenvalue weighted by atomic mass is 9.91. The monoisotopic (exact) mass is 356 g/mol. The van der Waals surface area contributed by atoms with Crippen LogP contribution in [0.15, 0.2) is 23.5 Å². The van der Waals surface area contributed by atoms with Gasteiger partial charge < -0.3 is 4.74 Å². The molecule has 0 bridgehead atoms. The smallest absolute Gasteiger partial charge is 0.133 e. The average molecular weight is 357 g/mol. The van der Waals surface area contributed by atoms with Gasteiger partial charge in [-0.05, 0) is 49.3 Å². The Morgan fingerprint density at radius 3 is 2.15 bits per heavy atom. The second kappa shape index (κ2) is 11.5. The average Bonchev–Trinajstić information content (AvgIpc) is 2.64. The molecule has 1 heteroatoms. The van der Waals surface area contributed by atoms with E-state index in [2.05, 4.69) is 39.8 Å². The first-order valence-electron chi connectivity index (χ1n) is 11.2. The van der Waals surface area contributed by atoms with E-state index in [-0.39, 0.29) is 0 Å². The summed E-state index contributed by atoms with van der Waals surface area (Å²) in [7, 11) is 0. The molecule has 0 unspecified atom stereocenters. The first-order valence-corrected chi connectivity index (χ1v) is 11.2. The van der Waals surface area contributed by atoms with Crippen LogP contribution in [0.5, 0.6) is 5.75 Å². The van der Waals surface area contributed by atoms with Crippen LogP contribution in [-0.2, 0) is 12.8 Å². The molecule has 0 atom stereocenters. The van der Waals surface area contributed by atoms with Gasteiger partial charge in [0.1, 0.15) is 11.5 Å². The molecule has 1 heterocycles. The first-order chi connectivity index (χ1) is 12.7. The van der Waals surface area contributed by atoms with Gasteiger partial charge in [0.15, 0.2) is 0 Å². The fourth-order valence-corrected chi connectivity index (χ4v) is 4.09. The van der Waals surface area contributed by atoms with Gasteiger partial charge in [-0.1, -0.05) is 83.4 Å². The summed E-state index contributed by atoms with van der Waals surface area (Å²) >= 11 is 0. The Morgan fingerprint density at radius 1 is 0.808 bits per heavy atom. The highest BCUT2D eigenvalue weighted by atomic mass is 16.5. The second-order valence-electron chi connectivity index (χ2n) is 8.05. The van der Waals surface area contributed by atoms with Crippen molar-refractivity contribution in [1.82, 2.24) is 0 Å². The topological polar surface area (TPSA) is 9.23 Å². The number of benzene rings is 1.